The molecule has 0 N–H and O–H groups in total. The molecule has 0 saturated carbocycles. The Morgan fingerprint density at radius 2 is 1.83 bits per heavy atom. The first-order chi connectivity index (χ1) is 19.5. The van der Waals surface area contributed by atoms with Crippen LogP contribution in [0, 0.1) is 24.1 Å². The van der Waals surface area contributed by atoms with Crippen molar-refractivity contribution < 1.29 is 31.4 Å². The second-order valence-electron chi connectivity index (χ2n) is 8.79. The number of allylic oxidation sites excluding steroid dienone is 1. The smallest absolute Gasteiger partial charge is 0.356 e. The number of aryl methyl sites for hydroxylation is 1. The zero-order valence-corrected chi connectivity index (χ0v) is 24.8. The number of nitrogens with zero attached hydrogens (tertiary/aromatic N) is 2. The lowest BCUT2D eigenvalue weighted by molar-refractivity contribution is 0.0520. The van der Waals surface area contributed by atoms with Crippen LogP contribution < -0.4 is 10.6 Å². The summed E-state index contributed by atoms with van der Waals surface area (Å²) in [4.78, 5) is 13.4. The highest BCUT2D eigenvalue weighted by Gasteiger charge is 2.43. The van der Waals surface area contributed by atoms with Gasteiger partial charge in [-0.25, -0.2) is 21.6 Å². The number of aromatic nitrogens is 1. The molecule has 0 aliphatic rings. The number of carbonyl (C=O) groups is 1. The monoisotopic (exact) mass is 614 g/mol. The summed E-state index contributed by atoms with van der Waals surface area (Å²) in [5, 5.41) is 7.73. The maximum absolute atomic E-state index is 16.0. The average Bonchev–Trinajstić information content (AvgIpc) is 3.32. The third-order valence-electron chi connectivity index (χ3n) is 6.09. The lowest BCUT2D eigenvalue weighted by atomic mass is 10.1. The molecule has 1 aromatic heterocycles. The molecule has 0 fully saturated rings. The zero-order chi connectivity index (χ0) is 29.9. The molecule has 0 aliphatic heterocycles. The van der Waals surface area contributed by atoms with E-state index in [4.69, 9.17) is 26.1 Å². The van der Waals surface area contributed by atoms with Gasteiger partial charge in [-0.05, 0) is 74.4 Å². The molecule has 4 aromatic rings. The van der Waals surface area contributed by atoms with Gasteiger partial charge in [0.2, 0.25) is 0 Å². The van der Waals surface area contributed by atoms with E-state index in [0.717, 1.165) is 6.07 Å². The molecule has 212 valence electrons. The normalized spacial score (nSPS) is 13.3. The highest BCUT2D eigenvalue weighted by Crippen LogP contribution is 2.50. The van der Waals surface area contributed by atoms with Crippen molar-refractivity contribution >= 4 is 62.6 Å². The van der Waals surface area contributed by atoms with Crippen molar-refractivity contribution in [2.45, 2.75) is 25.7 Å². The summed E-state index contributed by atoms with van der Waals surface area (Å²) in [7, 11) is -9.03. The Bertz CT molecular complexity index is 1880. The molecule has 12 heteroatoms. The molecule has 41 heavy (non-hydrogen) atoms. The summed E-state index contributed by atoms with van der Waals surface area (Å²) in [5.74, 6) is -2.23. The van der Waals surface area contributed by atoms with Gasteiger partial charge in [-0.2, -0.15) is 5.26 Å². The van der Waals surface area contributed by atoms with Crippen LogP contribution >= 0.6 is 19.0 Å². The van der Waals surface area contributed by atoms with E-state index < -0.39 is 45.6 Å². The largest absolute Gasteiger partial charge is 0.461 e. The Balaban J connectivity index is 2.26. The highest BCUT2D eigenvalue weighted by atomic mass is 35.5. The molecule has 8 nitrogen and oxygen atoms in total. The molecule has 1 heterocycles. The molecule has 4 rings (SSSR count). The number of esters is 1. The summed E-state index contributed by atoms with van der Waals surface area (Å²) in [6.45, 7) is 4.50. The molecular weight excluding hydrogens is 590 g/mol. The summed E-state index contributed by atoms with van der Waals surface area (Å²) >= 11 is 6.15. The Morgan fingerprint density at radius 1 is 1.12 bits per heavy atom. The van der Waals surface area contributed by atoms with Gasteiger partial charge in [0.1, 0.15) is 0 Å². The second-order valence-corrected chi connectivity index (χ2v) is 13.3. The van der Waals surface area contributed by atoms with E-state index in [1.54, 1.807) is 26.0 Å². The lowest BCUT2D eigenvalue weighted by Gasteiger charge is -2.21. The first-order valence-corrected chi connectivity index (χ1v) is 15.9. The van der Waals surface area contributed by atoms with Crippen LogP contribution in [-0.4, -0.2) is 31.6 Å². The Hall–Kier alpha value is -3.74. The molecule has 0 spiro atoms. The van der Waals surface area contributed by atoms with Crippen LogP contribution in [0.15, 0.2) is 71.6 Å². The van der Waals surface area contributed by atoms with Gasteiger partial charge in [0, 0.05) is 11.4 Å². The van der Waals surface area contributed by atoms with Crippen molar-refractivity contribution in [3.05, 3.63) is 94.4 Å². The minimum atomic E-state index is -4.57. The number of rotatable bonds is 9. The van der Waals surface area contributed by atoms with Gasteiger partial charge in [-0.3, -0.25) is 4.57 Å². The van der Waals surface area contributed by atoms with E-state index in [2.05, 4.69) is 0 Å². The van der Waals surface area contributed by atoms with Crippen molar-refractivity contribution in [2.75, 3.05) is 13.2 Å². The quantitative estimate of drug-likeness (QED) is 0.130. The number of hydrogen-bond acceptors (Lipinski definition) is 7. The van der Waals surface area contributed by atoms with Crippen molar-refractivity contribution in [2.24, 2.45) is 0 Å². The summed E-state index contributed by atoms with van der Waals surface area (Å²) in [5.41, 5.74) is 0.167. The van der Waals surface area contributed by atoms with E-state index in [-0.39, 0.29) is 34.0 Å². The van der Waals surface area contributed by atoms with E-state index in [0.29, 0.717) is 15.1 Å². The molecule has 0 amide bonds. The fourth-order valence-electron chi connectivity index (χ4n) is 4.52. The van der Waals surface area contributed by atoms with Gasteiger partial charge >= 0.3 is 5.97 Å². The molecule has 1 unspecified atom stereocenters. The number of nitriles is 1. The van der Waals surface area contributed by atoms with Gasteiger partial charge in [-0.15, -0.1) is 0 Å². The van der Waals surface area contributed by atoms with Gasteiger partial charge in [0.05, 0.1) is 45.4 Å². The first-order valence-electron chi connectivity index (χ1n) is 12.4. The average molecular weight is 615 g/mol. The SMILES string of the molecule is CCOC(=O)c1c(P(=O)(OCC)c2cc(C)cc(C=CC#N)c2)c2c(F)c(Cl)ccc2n1S(=O)(=O)c1ccccc1. The maximum Gasteiger partial charge on any atom is 0.356 e. The maximum atomic E-state index is 16.0. The predicted molar refractivity (Wildman–Crippen MR) is 156 cm³/mol. The van der Waals surface area contributed by atoms with Crippen molar-refractivity contribution in [1.29, 1.82) is 5.26 Å². The predicted octanol–water partition coefficient (Wildman–Crippen LogP) is 5.96. The number of halogens is 2. The van der Waals surface area contributed by atoms with Gasteiger partial charge in [0.15, 0.2) is 11.5 Å². The molecule has 1 atom stereocenters. The molecule has 3 aromatic carbocycles. The van der Waals surface area contributed by atoms with Crippen molar-refractivity contribution in [1.82, 2.24) is 3.97 Å². The van der Waals surface area contributed by atoms with E-state index in [9.17, 15) is 13.2 Å². The number of carbonyl (C=O) groups excluding carboxylic acids is 1. The van der Waals surface area contributed by atoms with Crippen LogP contribution in [0.25, 0.3) is 17.0 Å². The molecule has 0 aliphatic carbocycles. The van der Waals surface area contributed by atoms with E-state index in [1.165, 1.54) is 61.5 Å². The molecular formula is C29H25ClFN2O6PS. The van der Waals surface area contributed by atoms with Gasteiger partial charge < -0.3 is 9.26 Å². The number of hydrogen-bond donors (Lipinski definition) is 0. The minimum absolute atomic E-state index is 0.0537. The van der Waals surface area contributed by atoms with Crippen LogP contribution in [0.5, 0.6) is 0 Å². The number of ether oxygens (including phenoxy) is 1. The minimum Gasteiger partial charge on any atom is -0.461 e. The Kier molecular flexibility index (Phi) is 8.86. The topological polar surface area (TPSA) is 115 Å². The van der Waals surface area contributed by atoms with Crippen molar-refractivity contribution in [3.63, 3.8) is 0 Å². The molecule has 0 bridgehead atoms. The standard InChI is InChI=1S/C29H25ClFN2O6PS/c1-4-38-29(34)27-28(40(35,39-5-2)21-17-19(3)16-20(18-21)10-9-15-32)25-24(14-13-23(30)26(25)31)33(27)41(36,37)22-11-7-6-8-12-22/h6-14,16-18H,4-5H2,1-3H3. The van der Waals surface area contributed by atoms with Crippen molar-refractivity contribution in [3.8, 4) is 6.07 Å². The summed E-state index contributed by atoms with van der Waals surface area (Å²) in [6, 6.07) is 16.2. The number of benzene rings is 3. The fourth-order valence-corrected chi connectivity index (χ4v) is 8.85. The third-order valence-corrected chi connectivity index (χ3v) is 10.7. The lowest BCUT2D eigenvalue weighted by Crippen LogP contribution is -2.28. The Labute approximate surface area is 242 Å². The summed E-state index contributed by atoms with van der Waals surface area (Å²) < 4.78 is 71.0. The second kappa shape index (κ2) is 12.0. The number of fused-ring (bicyclic) bond motifs is 1. The van der Waals surface area contributed by atoms with E-state index >= 15 is 8.96 Å². The third kappa shape index (κ3) is 5.46. The first kappa shape index (κ1) is 30.2. The van der Waals surface area contributed by atoms with Gasteiger partial charge in [0.25, 0.3) is 17.4 Å². The molecule has 0 radical (unpaired) electrons. The van der Waals surface area contributed by atoms with Crippen LogP contribution in [0.2, 0.25) is 5.02 Å². The van der Waals surface area contributed by atoms with Crippen LogP contribution in [0.1, 0.15) is 35.5 Å². The Morgan fingerprint density at radius 3 is 2.46 bits per heavy atom. The van der Waals surface area contributed by atoms with Crippen LogP contribution in [0.3, 0.4) is 0 Å². The van der Waals surface area contributed by atoms with Crippen LogP contribution in [-0.2, 0) is 23.8 Å². The van der Waals surface area contributed by atoms with E-state index in [1.807, 2.05) is 6.07 Å². The highest BCUT2D eigenvalue weighted by molar-refractivity contribution is 7.90. The zero-order valence-electron chi connectivity index (χ0n) is 22.3. The van der Waals surface area contributed by atoms with Crippen LogP contribution in [0.4, 0.5) is 4.39 Å². The fraction of sp³-hybridized carbons (Fsp3) is 0.172. The summed E-state index contributed by atoms with van der Waals surface area (Å²) in [6.07, 6.45) is 2.71. The van der Waals surface area contributed by atoms with Gasteiger partial charge in [-0.1, -0.05) is 35.9 Å². The molecule has 0 saturated heterocycles.